The molecule has 0 spiro atoms. The Bertz CT molecular complexity index is 718. The Labute approximate surface area is 153 Å². The van der Waals surface area contributed by atoms with Crippen LogP contribution in [-0.2, 0) is 14.4 Å². The smallest absolute Gasteiger partial charge is 0.325 e. The van der Waals surface area contributed by atoms with Gasteiger partial charge in [0.2, 0.25) is 11.8 Å². The molecule has 2 heterocycles. The standard InChI is InChI=1S/C20H26N2O4/c1-4-5-11-22-17(23)14-15(18(22)24)20(12(2)3,19(25)26)21-16(14)13-9-7-6-8-10-13/h6-10,12,14-16,21H,4-5,11H2,1-3H3,(H,25,26). The first-order valence-corrected chi connectivity index (χ1v) is 9.27. The summed E-state index contributed by atoms with van der Waals surface area (Å²) < 4.78 is 0. The first-order valence-electron chi connectivity index (χ1n) is 9.27. The molecule has 1 aromatic rings. The molecule has 0 aliphatic carbocycles. The van der Waals surface area contributed by atoms with E-state index in [1.165, 1.54) is 4.90 Å². The second-order valence-electron chi connectivity index (χ2n) is 7.55. The number of benzene rings is 1. The van der Waals surface area contributed by atoms with Crippen molar-refractivity contribution in [2.75, 3.05) is 6.54 Å². The fourth-order valence-electron chi connectivity index (χ4n) is 4.46. The zero-order valence-corrected chi connectivity index (χ0v) is 15.4. The fraction of sp³-hybridized carbons (Fsp3) is 0.550. The fourth-order valence-corrected chi connectivity index (χ4v) is 4.46. The molecule has 26 heavy (non-hydrogen) atoms. The summed E-state index contributed by atoms with van der Waals surface area (Å²) in [5.41, 5.74) is -0.608. The lowest BCUT2D eigenvalue weighted by molar-refractivity contribution is -0.153. The number of likely N-dealkylation sites (tertiary alicyclic amines) is 1. The first kappa shape index (κ1) is 18.6. The summed E-state index contributed by atoms with van der Waals surface area (Å²) in [4.78, 5) is 39.8. The molecule has 4 atom stereocenters. The summed E-state index contributed by atoms with van der Waals surface area (Å²) in [5, 5.41) is 13.3. The van der Waals surface area contributed by atoms with Crippen molar-refractivity contribution in [2.24, 2.45) is 17.8 Å². The highest BCUT2D eigenvalue weighted by molar-refractivity contribution is 6.09. The van der Waals surface area contributed by atoms with Gasteiger partial charge < -0.3 is 5.11 Å². The number of carbonyl (C=O) groups is 3. The monoisotopic (exact) mass is 358 g/mol. The Morgan fingerprint density at radius 1 is 1.23 bits per heavy atom. The highest BCUT2D eigenvalue weighted by Crippen LogP contribution is 2.51. The van der Waals surface area contributed by atoms with Crippen molar-refractivity contribution in [3.05, 3.63) is 35.9 Å². The van der Waals surface area contributed by atoms with E-state index in [1.807, 2.05) is 37.3 Å². The topological polar surface area (TPSA) is 86.7 Å². The molecule has 0 aromatic heterocycles. The maximum absolute atomic E-state index is 13.1. The maximum atomic E-state index is 13.1. The van der Waals surface area contributed by atoms with E-state index in [0.29, 0.717) is 6.54 Å². The first-order chi connectivity index (χ1) is 12.4. The lowest BCUT2D eigenvalue weighted by Gasteiger charge is -2.34. The second kappa shape index (κ2) is 6.83. The van der Waals surface area contributed by atoms with E-state index >= 15 is 0 Å². The predicted molar refractivity (Wildman–Crippen MR) is 96.1 cm³/mol. The van der Waals surface area contributed by atoms with Crippen LogP contribution in [0.25, 0.3) is 0 Å². The van der Waals surface area contributed by atoms with Gasteiger partial charge in [0.05, 0.1) is 11.8 Å². The number of unbranched alkanes of at least 4 members (excludes halogenated alkanes) is 1. The van der Waals surface area contributed by atoms with Gasteiger partial charge in [0.1, 0.15) is 5.54 Å². The molecule has 0 bridgehead atoms. The highest BCUT2D eigenvalue weighted by Gasteiger charge is 2.69. The molecule has 2 fully saturated rings. The van der Waals surface area contributed by atoms with Gasteiger partial charge in [-0.15, -0.1) is 0 Å². The van der Waals surface area contributed by atoms with Crippen molar-refractivity contribution < 1.29 is 19.5 Å². The number of nitrogens with one attached hydrogen (secondary N) is 1. The molecule has 2 aliphatic heterocycles. The van der Waals surface area contributed by atoms with Crippen LogP contribution in [0.4, 0.5) is 0 Å². The molecule has 2 amide bonds. The summed E-state index contributed by atoms with van der Waals surface area (Å²) in [6.07, 6.45) is 1.59. The number of hydrogen-bond donors (Lipinski definition) is 2. The van der Waals surface area contributed by atoms with Crippen molar-refractivity contribution in [2.45, 2.75) is 45.2 Å². The summed E-state index contributed by atoms with van der Waals surface area (Å²) in [5.74, 6) is -3.58. The van der Waals surface area contributed by atoms with Gasteiger partial charge in [0.15, 0.2) is 0 Å². The molecule has 0 saturated carbocycles. The van der Waals surface area contributed by atoms with Crippen molar-refractivity contribution >= 4 is 17.8 Å². The Hall–Kier alpha value is -2.21. The van der Waals surface area contributed by atoms with Gasteiger partial charge >= 0.3 is 5.97 Å². The minimum Gasteiger partial charge on any atom is -0.480 e. The summed E-state index contributed by atoms with van der Waals surface area (Å²) in [6.45, 7) is 5.93. The molecule has 2 aliphatic rings. The van der Waals surface area contributed by atoms with E-state index in [0.717, 1.165) is 18.4 Å². The number of imide groups is 1. The largest absolute Gasteiger partial charge is 0.480 e. The normalized spacial score (nSPS) is 30.9. The van der Waals surface area contributed by atoms with Gasteiger partial charge in [0, 0.05) is 12.6 Å². The average Bonchev–Trinajstić information content (AvgIpc) is 3.10. The molecule has 0 radical (unpaired) electrons. The van der Waals surface area contributed by atoms with Crippen LogP contribution in [-0.4, -0.2) is 39.9 Å². The van der Waals surface area contributed by atoms with E-state index in [1.54, 1.807) is 13.8 Å². The number of carboxylic acids is 1. The third-order valence-corrected chi connectivity index (χ3v) is 5.84. The lowest BCUT2D eigenvalue weighted by atomic mass is 9.73. The molecular formula is C20H26N2O4. The third-order valence-electron chi connectivity index (χ3n) is 5.84. The molecule has 2 saturated heterocycles. The summed E-state index contributed by atoms with van der Waals surface area (Å²) >= 11 is 0. The SMILES string of the molecule is CCCCN1C(=O)C2C(c3ccccc3)NC(C(=O)O)(C(C)C)C2C1=O. The average molecular weight is 358 g/mol. The van der Waals surface area contributed by atoms with Gasteiger partial charge in [-0.2, -0.15) is 0 Å². The van der Waals surface area contributed by atoms with Crippen LogP contribution in [0.1, 0.15) is 45.2 Å². The summed E-state index contributed by atoms with van der Waals surface area (Å²) in [6, 6.07) is 8.86. The van der Waals surface area contributed by atoms with Crippen LogP contribution in [0.5, 0.6) is 0 Å². The van der Waals surface area contributed by atoms with Gasteiger partial charge in [-0.05, 0) is 17.9 Å². The van der Waals surface area contributed by atoms with Gasteiger partial charge in [-0.3, -0.25) is 24.6 Å². The van der Waals surface area contributed by atoms with E-state index in [2.05, 4.69) is 5.32 Å². The molecule has 140 valence electrons. The molecular weight excluding hydrogens is 332 g/mol. The van der Waals surface area contributed by atoms with Crippen molar-refractivity contribution in [3.63, 3.8) is 0 Å². The number of nitrogens with zero attached hydrogens (tertiary/aromatic N) is 1. The molecule has 2 N–H and O–H groups in total. The van der Waals surface area contributed by atoms with Crippen LogP contribution >= 0.6 is 0 Å². The molecule has 3 rings (SSSR count). The van der Waals surface area contributed by atoms with E-state index in [4.69, 9.17) is 0 Å². The Balaban J connectivity index is 2.10. The van der Waals surface area contributed by atoms with Crippen molar-refractivity contribution in [1.82, 2.24) is 10.2 Å². The minimum atomic E-state index is -1.45. The quantitative estimate of drug-likeness (QED) is 0.762. The number of aliphatic carboxylic acids is 1. The molecule has 4 unspecified atom stereocenters. The number of amides is 2. The predicted octanol–water partition coefficient (Wildman–Crippen LogP) is 2.21. The Morgan fingerprint density at radius 3 is 2.42 bits per heavy atom. The number of carbonyl (C=O) groups excluding carboxylic acids is 2. The Morgan fingerprint density at radius 2 is 1.88 bits per heavy atom. The zero-order chi connectivity index (χ0) is 19.1. The van der Waals surface area contributed by atoms with E-state index in [-0.39, 0.29) is 17.7 Å². The zero-order valence-electron chi connectivity index (χ0n) is 15.4. The van der Waals surface area contributed by atoms with Crippen LogP contribution in [0.2, 0.25) is 0 Å². The van der Waals surface area contributed by atoms with E-state index in [9.17, 15) is 19.5 Å². The van der Waals surface area contributed by atoms with Gasteiger partial charge in [-0.25, -0.2) is 0 Å². The number of fused-ring (bicyclic) bond motifs is 1. The van der Waals surface area contributed by atoms with Crippen molar-refractivity contribution in [3.8, 4) is 0 Å². The maximum Gasteiger partial charge on any atom is 0.325 e. The highest BCUT2D eigenvalue weighted by atomic mass is 16.4. The Kier molecular flexibility index (Phi) is 4.88. The van der Waals surface area contributed by atoms with Crippen LogP contribution in [0, 0.1) is 17.8 Å². The summed E-state index contributed by atoms with van der Waals surface area (Å²) in [7, 11) is 0. The van der Waals surface area contributed by atoms with E-state index < -0.39 is 29.4 Å². The van der Waals surface area contributed by atoms with Crippen LogP contribution in [0.3, 0.4) is 0 Å². The molecule has 1 aromatic carbocycles. The molecule has 6 heteroatoms. The van der Waals surface area contributed by atoms with Crippen molar-refractivity contribution in [1.29, 1.82) is 0 Å². The third kappa shape index (κ3) is 2.55. The minimum absolute atomic E-state index is 0.251. The molecule has 6 nitrogen and oxygen atoms in total. The van der Waals surface area contributed by atoms with Crippen LogP contribution in [0.15, 0.2) is 30.3 Å². The van der Waals surface area contributed by atoms with Crippen LogP contribution < -0.4 is 5.32 Å². The van der Waals surface area contributed by atoms with Gasteiger partial charge in [-0.1, -0.05) is 57.5 Å². The second-order valence-corrected chi connectivity index (χ2v) is 7.55. The number of hydrogen-bond acceptors (Lipinski definition) is 4. The number of rotatable bonds is 6. The van der Waals surface area contributed by atoms with Gasteiger partial charge in [0.25, 0.3) is 0 Å². The lowest BCUT2D eigenvalue weighted by Crippen LogP contribution is -2.59. The number of carboxylic acid groups (broad SMARTS) is 1.